The number of ketones is 1. The molecule has 1 aromatic carbocycles. The Morgan fingerprint density at radius 3 is 2.82 bits per heavy atom. The number of aliphatic hydroxyl groups excluding tert-OH is 1. The molecule has 0 amide bonds. The molecule has 0 spiro atoms. The third kappa shape index (κ3) is 3.76. The van der Waals surface area contributed by atoms with Crippen LogP contribution in [0.5, 0.6) is 17.2 Å². The van der Waals surface area contributed by atoms with Crippen molar-refractivity contribution in [3.8, 4) is 17.2 Å². The van der Waals surface area contributed by atoms with Crippen LogP contribution in [-0.2, 0) is 11.2 Å². The van der Waals surface area contributed by atoms with Gasteiger partial charge in [-0.1, -0.05) is 19.9 Å². The first-order valence-electron chi connectivity index (χ1n) is 15.4. The molecular formula is C33H45NO5. The van der Waals surface area contributed by atoms with Crippen molar-refractivity contribution in [3.05, 3.63) is 28.8 Å². The topological polar surface area (TPSA) is 68.2 Å². The second kappa shape index (κ2) is 9.24. The molecule has 1 aromatic rings. The summed E-state index contributed by atoms with van der Waals surface area (Å²) < 4.78 is 17.4. The maximum absolute atomic E-state index is 14.2. The largest absolute Gasteiger partial charge is 0.492 e. The summed E-state index contributed by atoms with van der Waals surface area (Å²) in [5.74, 6) is 5.12. The summed E-state index contributed by atoms with van der Waals surface area (Å²) in [4.78, 5) is 16.5. The Labute approximate surface area is 233 Å². The molecule has 0 aromatic heterocycles. The highest BCUT2D eigenvalue weighted by Gasteiger charge is 2.59. The third-order valence-electron chi connectivity index (χ3n) is 12.4. The predicted molar refractivity (Wildman–Crippen MR) is 149 cm³/mol. The van der Waals surface area contributed by atoms with Gasteiger partial charge in [-0.25, -0.2) is 0 Å². The van der Waals surface area contributed by atoms with Crippen molar-refractivity contribution in [3.63, 3.8) is 0 Å². The van der Waals surface area contributed by atoms with Crippen LogP contribution >= 0.6 is 0 Å². The fourth-order valence-electron chi connectivity index (χ4n) is 10.3. The van der Waals surface area contributed by atoms with Crippen LogP contribution < -0.4 is 14.2 Å². The number of carbonyl (C=O) groups excluding carboxylic acids is 1. The zero-order valence-corrected chi connectivity index (χ0v) is 24.1. The zero-order valence-electron chi connectivity index (χ0n) is 24.1. The molecule has 7 rings (SSSR count). The second-order valence-corrected chi connectivity index (χ2v) is 14.0. The van der Waals surface area contributed by atoms with Crippen LogP contribution in [0.2, 0.25) is 0 Å². The first kappa shape index (κ1) is 25.9. The summed E-state index contributed by atoms with van der Waals surface area (Å²) in [6.07, 6.45) is 12.6. The fourth-order valence-corrected chi connectivity index (χ4v) is 10.3. The van der Waals surface area contributed by atoms with E-state index in [9.17, 15) is 9.90 Å². The minimum atomic E-state index is -0.104. The van der Waals surface area contributed by atoms with Gasteiger partial charge < -0.3 is 19.3 Å². The summed E-state index contributed by atoms with van der Waals surface area (Å²) >= 11 is 0. The Hall–Kier alpha value is -2.05. The average molecular weight is 536 g/mol. The molecule has 0 bridgehead atoms. The lowest BCUT2D eigenvalue weighted by molar-refractivity contribution is -0.126. The van der Waals surface area contributed by atoms with E-state index >= 15 is 0 Å². The molecule has 8 atom stereocenters. The molecule has 0 unspecified atom stereocenters. The smallest absolute Gasteiger partial charge is 0.231 e. The van der Waals surface area contributed by atoms with Crippen LogP contribution in [0.1, 0.15) is 88.8 Å². The van der Waals surface area contributed by atoms with Crippen molar-refractivity contribution >= 4 is 5.78 Å². The molecule has 2 heterocycles. The number of carbonyl (C=O) groups is 1. The van der Waals surface area contributed by atoms with Crippen molar-refractivity contribution in [2.75, 3.05) is 27.5 Å². The number of hydrogen-bond donors (Lipinski definition) is 1. The number of ether oxygens (including phenoxy) is 3. The Kier molecular flexibility index (Phi) is 6.13. The number of fused-ring (bicyclic) bond motifs is 7. The van der Waals surface area contributed by atoms with Crippen LogP contribution in [0.3, 0.4) is 0 Å². The predicted octanol–water partition coefficient (Wildman–Crippen LogP) is 5.85. The SMILES string of the molecule is COc1c2c(cc3c1[C@H](CC(=O)C1=CC[C@@H]4[C@@H]5CC[C@H]6C[C@@H](O)CC[C@]6(C)[C@H]5CC[C@@]14C)N(C)CC3)OCO2. The van der Waals surface area contributed by atoms with Crippen molar-refractivity contribution in [2.45, 2.75) is 90.2 Å². The number of hydrogen-bond acceptors (Lipinski definition) is 6. The van der Waals surface area contributed by atoms with Crippen molar-refractivity contribution < 1.29 is 24.1 Å². The van der Waals surface area contributed by atoms with E-state index in [1.165, 1.54) is 24.8 Å². The summed E-state index contributed by atoms with van der Waals surface area (Å²) in [7, 11) is 3.82. The van der Waals surface area contributed by atoms with Gasteiger partial charge in [0.05, 0.1) is 13.2 Å². The van der Waals surface area contributed by atoms with Gasteiger partial charge in [-0.05, 0) is 117 Å². The Balaban J connectivity index is 1.14. The van der Waals surface area contributed by atoms with Gasteiger partial charge in [-0.15, -0.1) is 0 Å². The molecule has 3 saturated carbocycles. The van der Waals surface area contributed by atoms with Crippen molar-refractivity contribution in [1.29, 1.82) is 0 Å². The molecule has 6 heteroatoms. The maximum Gasteiger partial charge on any atom is 0.231 e. The van der Waals surface area contributed by atoms with Gasteiger partial charge >= 0.3 is 0 Å². The molecular weight excluding hydrogens is 490 g/mol. The molecule has 0 saturated heterocycles. The quantitative estimate of drug-likeness (QED) is 0.522. The lowest BCUT2D eigenvalue weighted by Gasteiger charge is -2.60. The Morgan fingerprint density at radius 2 is 2.00 bits per heavy atom. The molecule has 6 nitrogen and oxygen atoms in total. The summed E-state index contributed by atoms with van der Waals surface area (Å²) in [5, 5.41) is 10.4. The Bertz CT molecular complexity index is 1210. The van der Waals surface area contributed by atoms with E-state index < -0.39 is 0 Å². The minimum Gasteiger partial charge on any atom is -0.492 e. The highest BCUT2D eigenvalue weighted by atomic mass is 16.7. The van der Waals surface area contributed by atoms with E-state index in [1.54, 1.807) is 7.11 Å². The molecule has 0 radical (unpaired) electrons. The summed E-state index contributed by atoms with van der Waals surface area (Å²) in [5.41, 5.74) is 3.73. The van der Waals surface area contributed by atoms with Gasteiger partial charge in [0.15, 0.2) is 17.3 Å². The zero-order chi connectivity index (χ0) is 27.1. The maximum atomic E-state index is 14.2. The van der Waals surface area contributed by atoms with Crippen molar-refractivity contribution in [2.24, 2.45) is 34.5 Å². The van der Waals surface area contributed by atoms with Gasteiger partial charge in [0.25, 0.3) is 0 Å². The van der Waals surface area contributed by atoms with Gasteiger partial charge in [0.2, 0.25) is 12.5 Å². The normalized spacial score (nSPS) is 40.7. The number of benzene rings is 1. The number of likely N-dealkylation sites (N-methyl/N-ethyl adjacent to an activating group) is 1. The molecule has 3 fully saturated rings. The monoisotopic (exact) mass is 535 g/mol. The number of allylic oxidation sites excluding steroid dienone is 2. The van der Waals surface area contributed by atoms with Crippen LogP contribution in [-0.4, -0.2) is 49.4 Å². The lowest BCUT2D eigenvalue weighted by atomic mass is 9.44. The number of nitrogens with zero attached hydrogens (tertiary/aromatic N) is 1. The lowest BCUT2D eigenvalue weighted by Crippen LogP contribution is -2.53. The standard InChI is InChI=1S/C33H45NO5/c1-32-12-9-21(35)16-20(32)5-6-22-23-7-8-25(33(23,2)13-10-24(22)32)27(36)17-26-29-19(11-14-34(26)3)15-28-30(31(29)37-4)39-18-38-28/h8,15,20-24,26,35H,5-7,9-14,16-18H2,1-4H3/t20-,21-,22-,23+,24-,26-,32-,33+/m0/s1. The fraction of sp³-hybridized carbons (Fsp3) is 0.727. The molecule has 1 N–H and O–H groups in total. The number of methoxy groups -OCH3 is 1. The van der Waals surface area contributed by atoms with Gasteiger partial charge in [-0.2, -0.15) is 0 Å². The van der Waals surface area contributed by atoms with Crippen LogP contribution in [0, 0.1) is 34.5 Å². The highest BCUT2D eigenvalue weighted by Crippen LogP contribution is 2.66. The van der Waals surface area contributed by atoms with Crippen molar-refractivity contribution in [1.82, 2.24) is 4.90 Å². The number of aliphatic hydroxyl groups is 1. The van der Waals surface area contributed by atoms with Gasteiger partial charge in [-0.3, -0.25) is 9.69 Å². The van der Waals surface area contributed by atoms with Crippen LogP contribution in [0.25, 0.3) is 0 Å². The highest BCUT2D eigenvalue weighted by molar-refractivity contribution is 5.97. The van der Waals surface area contributed by atoms with E-state index in [0.717, 1.165) is 73.6 Å². The average Bonchev–Trinajstić information content (AvgIpc) is 3.53. The number of rotatable bonds is 4. The molecule has 212 valence electrons. The van der Waals surface area contributed by atoms with E-state index in [4.69, 9.17) is 14.2 Å². The van der Waals surface area contributed by atoms with E-state index in [1.807, 2.05) is 0 Å². The van der Waals surface area contributed by atoms with Gasteiger partial charge in [0.1, 0.15) is 0 Å². The Morgan fingerprint density at radius 1 is 1.15 bits per heavy atom. The summed E-state index contributed by atoms with van der Waals surface area (Å²) in [6.45, 7) is 6.06. The third-order valence-corrected chi connectivity index (χ3v) is 12.4. The van der Waals surface area contributed by atoms with Crippen LogP contribution in [0.4, 0.5) is 0 Å². The summed E-state index contributed by atoms with van der Waals surface area (Å²) in [6, 6.07) is 2.06. The molecule has 4 aliphatic carbocycles. The second-order valence-electron chi connectivity index (χ2n) is 14.0. The first-order chi connectivity index (χ1) is 18.7. The number of Topliss-reactive ketones (excluding diaryl/α,β-unsaturated/α-hetero) is 1. The molecule has 2 aliphatic heterocycles. The molecule has 6 aliphatic rings. The van der Waals surface area contributed by atoms with E-state index in [-0.39, 0.29) is 24.4 Å². The minimum absolute atomic E-state index is 0.0231. The van der Waals surface area contributed by atoms with E-state index in [0.29, 0.717) is 41.1 Å². The van der Waals surface area contributed by atoms with Gasteiger partial charge in [0, 0.05) is 24.6 Å². The van der Waals surface area contributed by atoms with E-state index in [2.05, 4.69) is 37.9 Å². The first-order valence-corrected chi connectivity index (χ1v) is 15.4. The van der Waals surface area contributed by atoms with Crippen LogP contribution in [0.15, 0.2) is 17.7 Å². The molecule has 39 heavy (non-hydrogen) atoms.